The lowest BCUT2D eigenvalue weighted by Gasteiger charge is -2.31. The van der Waals surface area contributed by atoms with E-state index in [-0.39, 0.29) is 12.0 Å². The van der Waals surface area contributed by atoms with Gasteiger partial charge in [-0.1, -0.05) is 23.7 Å². The molecule has 7 heteroatoms. The minimum atomic E-state index is 0.0368. The van der Waals surface area contributed by atoms with Crippen LogP contribution in [-0.4, -0.2) is 46.6 Å². The lowest BCUT2D eigenvalue weighted by molar-refractivity contribution is -0.0124. The van der Waals surface area contributed by atoms with Crippen LogP contribution in [0.2, 0.25) is 5.02 Å². The van der Waals surface area contributed by atoms with Crippen LogP contribution in [0.15, 0.2) is 36.7 Å². The van der Waals surface area contributed by atoms with Crippen molar-refractivity contribution in [1.29, 1.82) is 0 Å². The highest BCUT2D eigenvalue weighted by molar-refractivity contribution is 6.30. The number of hydrogen-bond donors (Lipinski definition) is 1. The number of amides is 1. The quantitative estimate of drug-likeness (QED) is 0.921. The number of rotatable bonds is 4. The van der Waals surface area contributed by atoms with Crippen LogP contribution in [0.5, 0.6) is 0 Å². The van der Waals surface area contributed by atoms with Gasteiger partial charge in [0.15, 0.2) is 0 Å². The Morgan fingerprint density at radius 3 is 2.96 bits per heavy atom. The Hall–Kier alpha value is -2.18. The molecule has 1 amide bonds. The maximum absolute atomic E-state index is 12.6. The summed E-state index contributed by atoms with van der Waals surface area (Å²) in [5.74, 6) is 0.535. The summed E-state index contributed by atoms with van der Waals surface area (Å²) in [6.07, 6.45) is 3.15. The van der Waals surface area contributed by atoms with Crippen molar-refractivity contribution in [2.45, 2.75) is 19.6 Å². The number of aromatic nitrogens is 2. The number of ether oxygens (including phenoxy) is 1. The first-order valence-corrected chi connectivity index (χ1v) is 8.21. The molecule has 1 saturated heterocycles. The van der Waals surface area contributed by atoms with Crippen molar-refractivity contribution in [2.24, 2.45) is 0 Å². The SMILES string of the molecule is CC1CN(C(=O)c2cccc(CNc3ncc(Cl)cn3)c2)CCO1. The van der Waals surface area contributed by atoms with E-state index < -0.39 is 0 Å². The molecule has 1 unspecified atom stereocenters. The van der Waals surface area contributed by atoms with Crippen molar-refractivity contribution in [1.82, 2.24) is 14.9 Å². The zero-order valence-electron chi connectivity index (χ0n) is 13.4. The van der Waals surface area contributed by atoms with E-state index in [1.54, 1.807) is 0 Å². The van der Waals surface area contributed by atoms with Gasteiger partial charge in [0.2, 0.25) is 5.95 Å². The summed E-state index contributed by atoms with van der Waals surface area (Å²) >= 11 is 5.76. The largest absolute Gasteiger partial charge is 0.375 e. The molecule has 1 N–H and O–H groups in total. The fourth-order valence-electron chi connectivity index (χ4n) is 2.58. The molecule has 0 radical (unpaired) electrons. The Labute approximate surface area is 145 Å². The fourth-order valence-corrected chi connectivity index (χ4v) is 2.68. The first-order valence-electron chi connectivity index (χ1n) is 7.83. The Morgan fingerprint density at radius 1 is 1.42 bits per heavy atom. The predicted molar refractivity (Wildman–Crippen MR) is 92.1 cm³/mol. The normalized spacial score (nSPS) is 17.6. The van der Waals surface area contributed by atoms with Crippen molar-refractivity contribution in [3.05, 3.63) is 52.8 Å². The summed E-state index contributed by atoms with van der Waals surface area (Å²) in [4.78, 5) is 22.6. The number of anilines is 1. The molecule has 0 aliphatic carbocycles. The molecular weight excluding hydrogens is 328 g/mol. The summed E-state index contributed by atoms with van der Waals surface area (Å²) in [6.45, 7) is 4.35. The van der Waals surface area contributed by atoms with E-state index in [1.165, 1.54) is 12.4 Å². The Kier molecular flexibility index (Phi) is 5.27. The minimum absolute atomic E-state index is 0.0368. The lowest BCUT2D eigenvalue weighted by atomic mass is 10.1. The lowest BCUT2D eigenvalue weighted by Crippen LogP contribution is -2.44. The Bertz CT molecular complexity index is 708. The Balaban J connectivity index is 1.65. The number of morpholine rings is 1. The highest BCUT2D eigenvalue weighted by atomic mass is 35.5. The van der Waals surface area contributed by atoms with E-state index in [2.05, 4.69) is 15.3 Å². The monoisotopic (exact) mass is 346 g/mol. The first kappa shape index (κ1) is 16.7. The van der Waals surface area contributed by atoms with Crippen LogP contribution >= 0.6 is 11.6 Å². The van der Waals surface area contributed by atoms with Crippen molar-refractivity contribution < 1.29 is 9.53 Å². The number of benzene rings is 1. The molecule has 24 heavy (non-hydrogen) atoms. The molecule has 1 atom stereocenters. The highest BCUT2D eigenvalue weighted by Gasteiger charge is 2.22. The molecule has 2 heterocycles. The van der Waals surface area contributed by atoms with Gasteiger partial charge >= 0.3 is 0 Å². The highest BCUT2D eigenvalue weighted by Crippen LogP contribution is 2.13. The number of carbonyl (C=O) groups is 1. The second kappa shape index (κ2) is 7.59. The van der Waals surface area contributed by atoms with E-state index in [1.807, 2.05) is 36.1 Å². The van der Waals surface area contributed by atoms with Gasteiger partial charge in [0.1, 0.15) is 0 Å². The summed E-state index contributed by atoms with van der Waals surface area (Å²) in [7, 11) is 0. The molecule has 2 aromatic rings. The predicted octanol–water partition coefficient (Wildman–Crippen LogP) is 2.60. The van der Waals surface area contributed by atoms with Crippen LogP contribution in [0.1, 0.15) is 22.8 Å². The van der Waals surface area contributed by atoms with E-state index in [0.29, 0.717) is 42.8 Å². The molecular formula is C17H19ClN4O2. The average molecular weight is 347 g/mol. The number of nitrogens with one attached hydrogen (secondary N) is 1. The van der Waals surface area contributed by atoms with Crippen molar-refractivity contribution >= 4 is 23.5 Å². The van der Waals surface area contributed by atoms with Crippen molar-refractivity contribution in [2.75, 3.05) is 25.0 Å². The molecule has 1 aromatic heterocycles. The molecule has 1 aliphatic heterocycles. The van der Waals surface area contributed by atoms with Gasteiger partial charge in [-0.25, -0.2) is 9.97 Å². The third-order valence-corrected chi connectivity index (χ3v) is 3.97. The van der Waals surface area contributed by atoms with E-state index >= 15 is 0 Å². The summed E-state index contributed by atoms with van der Waals surface area (Å²) in [5, 5.41) is 3.61. The first-order chi connectivity index (χ1) is 11.6. The third kappa shape index (κ3) is 4.21. The van der Waals surface area contributed by atoms with Crippen LogP contribution in [0.25, 0.3) is 0 Å². The van der Waals surface area contributed by atoms with Gasteiger partial charge in [-0.15, -0.1) is 0 Å². The number of nitrogens with zero attached hydrogens (tertiary/aromatic N) is 3. The molecule has 0 bridgehead atoms. The second-order valence-electron chi connectivity index (χ2n) is 5.71. The molecule has 1 aromatic carbocycles. The second-order valence-corrected chi connectivity index (χ2v) is 6.15. The number of halogens is 1. The van der Waals surface area contributed by atoms with Gasteiger partial charge in [-0.05, 0) is 24.6 Å². The van der Waals surface area contributed by atoms with Crippen molar-refractivity contribution in [3.8, 4) is 0 Å². The minimum Gasteiger partial charge on any atom is -0.375 e. The van der Waals surface area contributed by atoms with Gasteiger partial charge < -0.3 is 15.0 Å². The average Bonchev–Trinajstić information content (AvgIpc) is 2.61. The fraction of sp³-hybridized carbons (Fsp3) is 0.353. The van der Waals surface area contributed by atoms with Crippen molar-refractivity contribution in [3.63, 3.8) is 0 Å². The summed E-state index contributed by atoms with van der Waals surface area (Å²) < 4.78 is 5.49. The number of carbonyl (C=O) groups excluding carboxylic acids is 1. The molecule has 1 fully saturated rings. The number of hydrogen-bond acceptors (Lipinski definition) is 5. The van der Waals surface area contributed by atoms with Gasteiger partial charge in [-0.3, -0.25) is 4.79 Å². The zero-order valence-corrected chi connectivity index (χ0v) is 14.2. The molecule has 0 spiro atoms. The third-order valence-electron chi connectivity index (χ3n) is 3.77. The van der Waals surface area contributed by atoms with Gasteiger partial charge in [0.05, 0.1) is 30.1 Å². The standard InChI is InChI=1S/C17H19ClN4O2/c1-12-11-22(5-6-24-12)16(23)14-4-2-3-13(7-14)8-19-17-20-9-15(18)10-21-17/h2-4,7,9-10,12H,5-6,8,11H2,1H3,(H,19,20,21). The molecule has 126 valence electrons. The van der Waals surface area contributed by atoms with E-state index in [4.69, 9.17) is 16.3 Å². The Morgan fingerprint density at radius 2 is 2.21 bits per heavy atom. The summed E-state index contributed by atoms with van der Waals surface area (Å²) in [6, 6.07) is 7.58. The van der Waals surface area contributed by atoms with Crippen LogP contribution in [0, 0.1) is 0 Å². The molecule has 6 nitrogen and oxygen atoms in total. The van der Waals surface area contributed by atoms with Crippen LogP contribution < -0.4 is 5.32 Å². The summed E-state index contributed by atoms with van der Waals surface area (Å²) in [5.41, 5.74) is 1.67. The molecule has 0 saturated carbocycles. The van der Waals surface area contributed by atoms with Gasteiger partial charge in [0.25, 0.3) is 5.91 Å². The van der Waals surface area contributed by atoms with Crippen LogP contribution in [0.4, 0.5) is 5.95 Å². The molecule has 1 aliphatic rings. The molecule has 3 rings (SSSR count). The zero-order chi connectivity index (χ0) is 16.9. The maximum atomic E-state index is 12.6. The van der Waals surface area contributed by atoms with Gasteiger partial charge in [0, 0.05) is 25.2 Å². The van der Waals surface area contributed by atoms with Crippen LogP contribution in [0.3, 0.4) is 0 Å². The van der Waals surface area contributed by atoms with E-state index in [0.717, 1.165) is 5.56 Å². The van der Waals surface area contributed by atoms with Crippen LogP contribution in [-0.2, 0) is 11.3 Å². The topological polar surface area (TPSA) is 67.4 Å². The smallest absolute Gasteiger partial charge is 0.254 e. The van der Waals surface area contributed by atoms with E-state index in [9.17, 15) is 4.79 Å². The van der Waals surface area contributed by atoms with Gasteiger partial charge in [-0.2, -0.15) is 0 Å². The maximum Gasteiger partial charge on any atom is 0.254 e.